The Morgan fingerprint density at radius 3 is 2.52 bits per heavy atom. The lowest BCUT2D eigenvalue weighted by atomic mass is 10.1. The highest BCUT2D eigenvalue weighted by Crippen LogP contribution is 2.25. The van der Waals surface area contributed by atoms with Crippen molar-refractivity contribution in [2.45, 2.75) is 38.8 Å². The van der Waals surface area contributed by atoms with Crippen molar-refractivity contribution >= 4 is 29.2 Å². The Balaban J connectivity index is 1.97. The number of carbonyl (C=O) groups is 2. The van der Waals surface area contributed by atoms with Crippen molar-refractivity contribution in [1.29, 1.82) is 5.26 Å². The number of methoxy groups -OCH3 is 1. The molecule has 9 heteroatoms. The molecule has 164 valence electrons. The molecule has 0 heterocycles. The van der Waals surface area contributed by atoms with Crippen molar-refractivity contribution < 1.29 is 19.1 Å². The first-order chi connectivity index (χ1) is 14.9. The number of nitriles is 1. The number of nitrogens with one attached hydrogen (secondary N) is 3. The van der Waals surface area contributed by atoms with Gasteiger partial charge in [-0.05, 0) is 43.2 Å². The molecule has 0 aliphatic heterocycles. The second-order valence-corrected chi connectivity index (χ2v) is 6.83. The largest absolute Gasteiger partial charge is 0.495 e. The van der Waals surface area contributed by atoms with Gasteiger partial charge in [0, 0.05) is 17.4 Å². The molecule has 0 bridgehead atoms. The third-order valence-electron chi connectivity index (χ3n) is 4.52. The van der Waals surface area contributed by atoms with Crippen LogP contribution in [0.4, 0.5) is 26.7 Å². The van der Waals surface area contributed by atoms with Crippen LogP contribution < -0.4 is 26.4 Å². The molecule has 2 aromatic carbocycles. The number of alkyl carbamates (subject to hydrolysis) is 1. The van der Waals surface area contributed by atoms with Crippen molar-refractivity contribution in [2.24, 2.45) is 0 Å². The fourth-order valence-electron chi connectivity index (χ4n) is 2.78. The number of hydrogen-bond donors (Lipinski definition) is 4. The lowest BCUT2D eigenvalue weighted by molar-refractivity contribution is 0.0950. The molecule has 0 aliphatic rings. The van der Waals surface area contributed by atoms with Crippen LogP contribution in [0.3, 0.4) is 0 Å². The number of nitrogens with two attached hydrogens (primary N) is 1. The molecule has 0 saturated heterocycles. The molecule has 5 N–H and O–H groups in total. The van der Waals surface area contributed by atoms with Crippen molar-refractivity contribution in [3.8, 4) is 11.8 Å². The van der Waals surface area contributed by atoms with Crippen molar-refractivity contribution in [2.75, 3.05) is 23.5 Å². The summed E-state index contributed by atoms with van der Waals surface area (Å²) in [4.78, 5) is 24.4. The maximum atomic E-state index is 12.3. The van der Waals surface area contributed by atoms with Crippen LogP contribution in [0.15, 0.2) is 42.5 Å². The summed E-state index contributed by atoms with van der Waals surface area (Å²) in [5, 5.41) is 17.0. The van der Waals surface area contributed by atoms with E-state index in [1.165, 1.54) is 7.11 Å². The lowest BCUT2D eigenvalue weighted by Gasteiger charge is -2.18. The second-order valence-electron chi connectivity index (χ2n) is 6.83. The first kappa shape index (κ1) is 23.3. The van der Waals surface area contributed by atoms with Gasteiger partial charge < -0.3 is 31.2 Å². The quantitative estimate of drug-likeness (QED) is 0.462. The summed E-state index contributed by atoms with van der Waals surface area (Å²) in [6, 6.07) is 13.2. The molecule has 2 aromatic rings. The minimum absolute atomic E-state index is 0.146. The topological polar surface area (TPSA) is 138 Å². The monoisotopic (exact) mass is 425 g/mol. The molecule has 0 spiro atoms. The predicted molar refractivity (Wildman–Crippen MR) is 119 cm³/mol. The van der Waals surface area contributed by atoms with E-state index in [2.05, 4.69) is 16.0 Å². The van der Waals surface area contributed by atoms with E-state index < -0.39 is 18.2 Å². The Morgan fingerprint density at radius 1 is 1.16 bits per heavy atom. The number of urea groups is 1. The zero-order valence-electron chi connectivity index (χ0n) is 17.8. The van der Waals surface area contributed by atoms with Gasteiger partial charge in [0.15, 0.2) is 0 Å². The molecule has 1 unspecified atom stereocenters. The summed E-state index contributed by atoms with van der Waals surface area (Å²) >= 11 is 0. The smallest absolute Gasteiger partial charge is 0.407 e. The third-order valence-corrected chi connectivity index (χ3v) is 4.52. The van der Waals surface area contributed by atoms with Crippen LogP contribution in [0.1, 0.15) is 38.3 Å². The average Bonchev–Trinajstić information content (AvgIpc) is 2.74. The minimum atomic E-state index is -0.594. The van der Waals surface area contributed by atoms with Crippen LogP contribution in [0.5, 0.6) is 5.75 Å². The van der Waals surface area contributed by atoms with Gasteiger partial charge in [-0.25, -0.2) is 9.59 Å². The van der Waals surface area contributed by atoms with Gasteiger partial charge in [-0.3, -0.25) is 0 Å². The van der Waals surface area contributed by atoms with Crippen molar-refractivity contribution in [3.05, 3.63) is 48.0 Å². The van der Waals surface area contributed by atoms with Crippen LogP contribution in [-0.2, 0) is 4.74 Å². The Bertz CT molecular complexity index is 957. The fraction of sp³-hybridized carbons (Fsp3) is 0.318. The number of nitrogen functional groups attached to an aromatic ring is 1. The van der Waals surface area contributed by atoms with Gasteiger partial charge in [-0.15, -0.1) is 0 Å². The summed E-state index contributed by atoms with van der Waals surface area (Å²) < 4.78 is 10.4. The summed E-state index contributed by atoms with van der Waals surface area (Å²) in [5.41, 5.74) is 8.10. The molecule has 2 rings (SSSR count). The third kappa shape index (κ3) is 7.12. The van der Waals surface area contributed by atoms with E-state index in [0.717, 1.165) is 5.56 Å². The van der Waals surface area contributed by atoms with Gasteiger partial charge in [0.25, 0.3) is 0 Å². The number of benzene rings is 2. The molecular formula is C22H27N5O4. The molecule has 0 fully saturated rings. The first-order valence-electron chi connectivity index (χ1n) is 9.81. The van der Waals surface area contributed by atoms with E-state index in [1.54, 1.807) is 43.3 Å². The van der Waals surface area contributed by atoms with E-state index in [0.29, 0.717) is 29.2 Å². The van der Waals surface area contributed by atoms with Gasteiger partial charge >= 0.3 is 12.1 Å². The van der Waals surface area contributed by atoms with Crippen LogP contribution in [0.2, 0.25) is 0 Å². The predicted octanol–water partition coefficient (Wildman–Crippen LogP) is 4.40. The Hall–Kier alpha value is -3.93. The van der Waals surface area contributed by atoms with Gasteiger partial charge in [0.1, 0.15) is 11.9 Å². The van der Waals surface area contributed by atoms with Crippen molar-refractivity contribution in [3.63, 3.8) is 0 Å². The number of carbonyl (C=O) groups excluding carboxylic acids is 2. The fourth-order valence-corrected chi connectivity index (χ4v) is 2.78. The second kappa shape index (κ2) is 11.3. The normalized spacial score (nSPS) is 12.1. The highest BCUT2D eigenvalue weighted by molar-refractivity contribution is 6.00. The van der Waals surface area contributed by atoms with Crippen molar-refractivity contribution in [1.82, 2.24) is 5.32 Å². The Labute approximate surface area is 181 Å². The molecule has 9 nitrogen and oxygen atoms in total. The first-order valence-corrected chi connectivity index (χ1v) is 9.81. The molecule has 0 radical (unpaired) electrons. The van der Waals surface area contributed by atoms with Crippen LogP contribution in [-0.4, -0.2) is 25.3 Å². The molecule has 31 heavy (non-hydrogen) atoms. The van der Waals surface area contributed by atoms with Crippen LogP contribution in [0.25, 0.3) is 0 Å². The number of ether oxygens (including phenoxy) is 2. The SMILES string of the molecule is CCC(CC#N)OC(=O)N[C@H](C)c1cccc(NC(=O)Nc2ccc(N)c(OC)c2)c1. The molecule has 0 aliphatic carbocycles. The highest BCUT2D eigenvalue weighted by Gasteiger charge is 2.16. The average molecular weight is 425 g/mol. The summed E-state index contributed by atoms with van der Waals surface area (Å²) in [7, 11) is 1.50. The van der Waals surface area contributed by atoms with E-state index in [9.17, 15) is 9.59 Å². The van der Waals surface area contributed by atoms with E-state index in [1.807, 2.05) is 19.1 Å². The molecular weight excluding hydrogens is 398 g/mol. The number of anilines is 3. The maximum absolute atomic E-state index is 12.3. The standard InChI is InChI=1S/C22H27N5O4/c1-4-18(10-11-23)31-22(29)25-14(2)15-6-5-7-16(12-15)26-21(28)27-17-8-9-19(24)20(13-17)30-3/h5-9,12-14,18H,4,10,24H2,1-3H3,(H,25,29)(H2,26,27,28)/t14-,18?/m1/s1. The summed E-state index contributed by atoms with van der Waals surface area (Å²) in [6.45, 7) is 3.64. The number of hydrogen-bond acceptors (Lipinski definition) is 6. The molecule has 0 aromatic heterocycles. The zero-order chi connectivity index (χ0) is 22.8. The lowest BCUT2D eigenvalue weighted by Crippen LogP contribution is -2.31. The van der Waals surface area contributed by atoms with Gasteiger partial charge in [-0.2, -0.15) is 5.26 Å². The van der Waals surface area contributed by atoms with Gasteiger partial charge in [0.2, 0.25) is 0 Å². The zero-order valence-corrected chi connectivity index (χ0v) is 17.8. The van der Waals surface area contributed by atoms with Gasteiger partial charge in [-0.1, -0.05) is 19.1 Å². The van der Waals surface area contributed by atoms with E-state index >= 15 is 0 Å². The number of nitrogens with zero attached hydrogens (tertiary/aromatic N) is 1. The van der Waals surface area contributed by atoms with Crippen LogP contribution in [0, 0.1) is 11.3 Å². The number of amides is 3. The minimum Gasteiger partial charge on any atom is -0.495 e. The summed E-state index contributed by atoms with van der Waals surface area (Å²) in [5.74, 6) is 0.465. The maximum Gasteiger partial charge on any atom is 0.407 e. The van der Waals surface area contributed by atoms with Gasteiger partial charge in [0.05, 0.1) is 31.3 Å². The number of rotatable bonds is 8. The van der Waals surface area contributed by atoms with E-state index in [-0.39, 0.29) is 12.5 Å². The van der Waals surface area contributed by atoms with Crippen LogP contribution >= 0.6 is 0 Å². The molecule has 2 atom stereocenters. The Morgan fingerprint density at radius 2 is 1.87 bits per heavy atom. The summed E-state index contributed by atoms with van der Waals surface area (Å²) in [6.07, 6.45) is -0.333. The highest BCUT2D eigenvalue weighted by atomic mass is 16.6. The molecule has 3 amide bonds. The molecule has 0 saturated carbocycles. The van der Waals surface area contributed by atoms with E-state index in [4.69, 9.17) is 20.5 Å². The Kier molecular flexibility index (Phi) is 8.52.